The topological polar surface area (TPSA) is 104 Å². The van der Waals surface area contributed by atoms with Crippen LogP contribution >= 0.6 is 0 Å². The lowest BCUT2D eigenvalue weighted by Crippen LogP contribution is -2.47. The van der Waals surface area contributed by atoms with Crippen molar-refractivity contribution >= 4 is 17.5 Å². The molecule has 1 saturated heterocycles. The normalized spacial score (nSPS) is 25.0. The van der Waals surface area contributed by atoms with Crippen molar-refractivity contribution in [2.45, 2.75) is 37.6 Å². The first-order valence-corrected chi connectivity index (χ1v) is 9.65. The zero-order valence-electron chi connectivity index (χ0n) is 17.7. The molecule has 0 spiro atoms. The van der Waals surface area contributed by atoms with E-state index in [9.17, 15) is 31.5 Å². The highest BCUT2D eigenvalue weighted by atomic mass is 19.4. The average molecular weight is 473 g/mol. The molecule has 4 atom stereocenters. The van der Waals surface area contributed by atoms with Gasteiger partial charge in [-0.05, 0) is 25.1 Å². The van der Waals surface area contributed by atoms with E-state index in [0.29, 0.717) is 0 Å². The second kappa shape index (κ2) is 8.58. The predicted octanol–water partition coefficient (Wildman–Crippen LogP) is 3.55. The van der Waals surface area contributed by atoms with Crippen LogP contribution < -0.4 is 15.8 Å². The second-order valence-electron chi connectivity index (χ2n) is 7.72. The molecular weight excluding hydrogens is 453 g/mol. The first-order chi connectivity index (χ1) is 15.3. The van der Waals surface area contributed by atoms with Gasteiger partial charge in [-0.2, -0.15) is 17.6 Å². The fraction of sp³-hybridized carbons (Fsp3) is 0.381. The Hall–Kier alpha value is -3.28. The number of amides is 2. The number of benzene rings is 1. The number of nitrogens with one attached hydrogen (secondary N) is 1. The molecule has 2 amide bonds. The SMILES string of the molecule is COc1c([C@H]2[C@@H](C(=O)Nc3ccnc(C(N)=O)c3)O[C@@](C)(C(F)(F)F)[C@H]2C)ccc(F)c1F. The summed E-state index contributed by atoms with van der Waals surface area (Å²) in [7, 11) is 1.03. The molecule has 1 aliphatic heterocycles. The van der Waals surface area contributed by atoms with Gasteiger partial charge in [0.25, 0.3) is 11.8 Å². The number of halogens is 5. The van der Waals surface area contributed by atoms with E-state index in [1.165, 1.54) is 19.2 Å². The van der Waals surface area contributed by atoms with E-state index in [2.05, 4.69) is 10.3 Å². The van der Waals surface area contributed by atoms with Crippen LogP contribution in [-0.4, -0.2) is 41.8 Å². The summed E-state index contributed by atoms with van der Waals surface area (Å²) in [5, 5.41) is 2.36. The highest BCUT2D eigenvalue weighted by Gasteiger charge is 2.65. The van der Waals surface area contributed by atoms with Crippen molar-refractivity contribution in [1.29, 1.82) is 0 Å². The van der Waals surface area contributed by atoms with Gasteiger partial charge in [0.1, 0.15) is 11.8 Å². The molecule has 1 fully saturated rings. The Morgan fingerprint density at radius 2 is 1.91 bits per heavy atom. The molecule has 0 unspecified atom stereocenters. The number of carbonyl (C=O) groups is 2. The number of hydrogen-bond donors (Lipinski definition) is 2. The van der Waals surface area contributed by atoms with Gasteiger partial charge >= 0.3 is 6.18 Å². The summed E-state index contributed by atoms with van der Waals surface area (Å²) < 4.78 is 80.1. The maximum Gasteiger partial charge on any atom is 0.417 e. The molecule has 2 heterocycles. The van der Waals surface area contributed by atoms with E-state index in [-0.39, 0.29) is 16.9 Å². The van der Waals surface area contributed by atoms with Gasteiger partial charge in [0.2, 0.25) is 5.82 Å². The minimum Gasteiger partial charge on any atom is -0.493 e. The molecule has 1 aromatic heterocycles. The Balaban J connectivity index is 2.07. The second-order valence-corrected chi connectivity index (χ2v) is 7.72. The minimum absolute atomic E-state index is 0.0247. The standard InChI is InChI=1S/C21H20F5N3O4/c1-9-14(11-4-5-12(22)15(23)16(11)32-3)17(33-20(9,2)21(24,25)26)19(31)29-10-6-7-28-13(8-10)18(27)30/h4-9,14,17H,1-3H3,(H2,27,30)(H,28,29,31)/t9-,14-,17-,20+/m0/s1. The monoisotopic (exact) mass is 473 g/mol. The van der Waals surface area contributed by atoms with Crippen molar-refractivity contribution in [2.75, 3.05) is 12.4 Å². The fourth-order valence-corrected chi connectivity index (χ4v) is 3.90. The Bertz CT molecular complexity index is 1090. The van der Waals surface area contributed by atoms with E-state index >= 15 is 0 Å². The zero-order chi connectivity index (χ0) is 24.7. The van der Waals surface area contributed by atoms with Crippen molar-refractivity contribution in [1.82, 2.24) is 4.98 Å². The number of aromatic nitrogens is 1. The molecule has 2 aromatic rings. The van der Waals surface area contributed by atoms with E-state index < -0.39 is 58.9 Å². The lowest BCUT2D eigenvalue weighted by atomic mass is 9.77. The summed E-state index contributed by atoms with van der Waals surface area (Å²) in [6.07, 6.45) is -5.49. The molecule has 7 nitrogen and oxygen atoms in total. The number of anilines is 1. The number of ether oxygens (including phenoxy) is 2. The van der Waals surface area contributed by atoms with Gasteiger partial charge in [0, 0.05) is 29.3 Å². The van der Waals surface area contributed by atoms with Crippen molar-refractivity contribution < 1.29 is 41.0 Å². The lowest BCUT2D eigenvalue weighted by Gasteiger charge is -2.32. The van der Waals surface area contributed by atoms with Crippen LogP contribution in [0, 0.1) is 17.6 Å². The number of carbonyl (C=O) groups excluding carboxylic acids is 2. The predicted molar refractivity (Wildman–Crippen MR) is 106 cm³/mol. The molecule has 1 aromatic carbocycles. The van der Waals surface area contributed by atoms with Crippen molar-refractivity contribution in [3.8, 4) is 5.75 Å². The van der Waals surface area contributed by atoms with Crippen LogP contribution in [0.5, 0.6) is 5.75 Å². The maximum absolute atomic E-state index is 14.4. The minimum atomic E-state index is -4.89. The summed E-state index contributed by atoms with van der Waals surface area (Å²) in [6, 6.07) is 4.22. The molecule has 3 N–H and O–H groups in total. The fourth-order valence-electron chi connectivity index (χ4n) is 3.90. The summed E-state index contributed by atoms with van der Waals surface area (Å²) >= 11 is 0. The van der Waals surface area contributed by atoms with Gasteiger partial charge in [0.15, 0.2) is 17.2 Å². The van der Waals surface area contributed by atoms with Crippen LogP contribution in [0.25, 0.3) is 0 Å². The summed E-state index contributed by atoms with van der Waals surface area (Å²) in [6.45, 7) is 1.98. The maximum atomic E-state index is 14.4. The summed E-state index contributed by atoms with van der Waals surface area (Å²) in [4.78, 5) is 28.1. The summed E-state index contributed by atoms with van der Waals surface area (Å²) in [5.41, 5.74) is 2.04. The van der Waals surface area contributed by atoms with Gasteiger partial charge in [0.05, 0.1) is 7.11 Å². The van der Waals surface area contributed by atoms with Crippen LogP contribution in [-0.2, 0) is 9.53 Å². The molecule has 0 radical (unpaired) electrons. The summed E-state index contributed by atoms with van der Waals surface area (Å²) in [5.74, 6) is -7.94. The van der Waals surface area contributed by atoms with E-state index in [1.807, 2.05) is 0 Å². The Morgan fingerprint density at radius 3 is 2.48 bits per heavy atom. The number of rotatable bonds is 5. The quantitative estimate of drug-likeness (QED) is 0.647. The van der Waals surface area contributed by atoms with Gasteiger partial charge in [-0.25, -0.2) is 4.39 Å². The van der Waals surface area contributed by atoms with Crippen LogP contribution in [0.1, 0.15) is 35.8 Å². The highest BCUT2D eigenvalue weighted by Crippen LogP contribution is 2.55. The largest absolute Gasteiger partial charge is 0.493 e. The number of nitrogens with zero attached hydrogens (tertiary/aromatic N) is 1. The number of nitrogens with two attached hydrogens (primary N) is 1. The average Bonchev–Trinajstić information content (AvgIpc) is 3.02. The number of pyridine rings is 1. The van der Waals surface area contributed by atoms with Crippen LogP contribution in [0.15, 0.2) is 30.5 Å². The van der Waals surface area contributed by atoms with E-state index in [0.717, 1.165) is 32.2 Å². The molecule has 33 heavy (non-hydrogen) atoms. The van der Waals surface area contributed by atoms with Crippen LogP contribution in [0.2, 0.25) is 0 Å². The van der Waals surface area contributed by atoms with E-state index in [1.54, 1.807) is 0 Å². The Labute approximate surface area is 185 Å². The Kier molecular flexibility index (Phi) is 6.33. The number of hydrogen-bond acceptors (Lipinski definition) is 5. The molecular formula is C21H20F5N3O4. The van der Waals surface area contributed by atoms with Crippen LogP contribution in [0.3, 0.4) is 0 Å². The van der Waals surface area contributed by atoms with Gasteiger partial charge < -0.3 is 20.5 Å². The third-order valence-corrected chi connectivity index (χ3v) is 5.85. The van der Waals surface area contributed by atoms with Crippen molar-refractivity contribution in [3.05, 3.63) is 53.4 Å². The molecule has 1 aliphatic rings. The molecule has 3 rings (SSSR count). The zero-order valence-corrected chi connectivity index (χ0v) is 17.7. The lowest BCUT2D eigenvalue weighted by molar-refractivity contribution is -0.272. The van der Waals surface area contributed by atoms with Crippen molar-refractivity contribution in [3.63, 3.8) is 0 Å². The molecule has 12 heteroatoms. The number of methoxy groups -OCH3 is 1. The first kappa shape index (κ1) is 24.4. The van der Waals surface area contributed by atoms with Gasteiger partial charge in [-0.1, -0.05) is 13.0 Å². The molecule has 178 valence electrons. The number of primary amides is 1. The molecule has 0 aliphatic carbocycles. The third-order valence-electron chi connectivity index (χ3n) is 5.85. The Morgan fingerprint density at radius 1 is 1.24 bits per heavy atom. The van der Waals surface area contributed by atoms with Crippen molar-refractivity contribution in [2.24, 2.45) is 11.7 Å². The third kappa shape index (κ3) is 4.22. The number of alkyl halides is 3. The first-order valence-electron chi connectivity index (χ1n) is 9.65. The highest BCUT2D eigenvalue weighted by molar-refractivity contribution is 5.97. The van der Waals surface area contributed by atoms with Gasteiger partial charge in [-0.15, -0.1) is 0 Å². The molecule has 0 saturated carbocycles. The van der Waals surface area contributed by atoms with Gasteiger partial charge in [-0.3, -0.25) is 14.6 Å². The van der Waals surface area contributed by atoms with Crippen LogP contribution in [0.4, 0.5) is 27.6 Å². The smallest absolute Gasteiger partial charge is 0.417 e. The van der Waals surface area contributed by atoms with E-state index in [4.69, 9.17) is 15.2 Å². The molecule has 0 bridgehead atoms.